The van der Waals surface area contributed by atoms with E-state index in [2.05, 4.69) is 52.2 Å². The molecule has 0 spiro atoms. The molecule has 1 amide bonds. The molecule has 7 nitrogen and oxygen atoms in total. The predicted molar refractivity (Wildman–Crippen MR) is 139 cm³/mol. The number of hydrogen-bond acceptors (Lipinski definition) is 6. The number of nitrogens with two attached hydrogens (primary N) is 1. The van der Waals surface area contributed by atoms with Crippen molar-refractivity contribution >= 4 is 17.3 Å². The molecule has 1 aromatic carbocycles. The average Bonchev–Trinajstić information content (AvgIpc) is 2.85. The number of amides is 1. The van der Waals surface area contributed by atoms with Gasteiger partial charge in [0.15, 0.2) is 0 Å². The molecule has 37 heavy (non-hydrogen) atoms. The van der Waals surface area contributed by atoms with Crippen molar-refractivity contribution in [2.45, 2.75) is 45.7 Å². The van der Waals surface area contributed by atoms with E-state index in [1.54, 1.807) is 6.20 Å². The zero-order valence-corrected chi connectivity index (χ0v) is 21.4. The van der Waals surface area contributed by atoms with Gasteiger partial charge in [0.2, 0.25) is 0 Å². The molecule has 1 saturated heterocycles. The highest BCUT2D eigenvalue weighted by molar-refractivity contribution is 6.04. The predicted octanol–water partition coefficient (Wildman–Crippen LogP) is 4.89. The highest BCUT2D eigenvalue weighted by Crippen LogP contribution is 2.47. The molecular weight excluding hydrogens is 476 g/mol. The molecule has 2 aliphatic rings. The number of halogens is 2. The number of morpholine rings is 1. The van der Waals surface area contributed by atoms with E-state index < -0.39 is 23.2 Å². The molecule has 9 heteroatoms. The van der Waals surface area contributed by atoms with Crippen molar-refractivity contribution in [2.75, 3.05) is 30.0 Å². The van der Waals surface area contributed by atoms with Gasteiger partial charge < -0.3 is 20.7 Å². The Morgan fingerprint density at radius 1 is 1.19 bits per heavy atom. The molecule has 3 N–H and O–H groups in total. The number of fused-ring (bicyclic) bond motifs is 3. The molecule has 0 radical (unpaired) electrons. The van der Waals surface area contributed by atoms with Crippen molar-refractivity contribution in [2.24, 2.45) is 11.1 Å². The highest BCUT2D eigenvalue weighted by atomic mass is 19.3. The summed E-state index contributed by atoms with van der Waals surface area (Å²) in [4.78, 5) is 23.3. The fourth-order valence-electron chi connectivity index (χ4n) is 5.23. The van der Waals surface area contributed by atoms with E-state index >= 15 is 0 Å². The zero-order chi connectivity index (χ0) is 26.6. The van der Waals surface area contributed by atoms with Crippen molar-refractivity contribution in [3.05, 3.63) is 71.3 Å². The van der Waals surface area contributed by atoms with Crippen molar-refractivity contribution in [3.8, 4) is 11.1 Å². The Hall–Kier alpha value is -3.43. The zero-order valence-electron chi connectivity index (χ0n) is 21.4. The summed E-state index contributed by atoms with van der Waals surface area (Å²) in [5.41, 5.74) is 11.2. The maximum Gasteiger partial charge on any atom is 0.286 e. The third-order valence-electron chi connectivity index (χ3n) is 7.57. The minimum absolute atomic E-state index is 0.0941. The first-order valence-corrected chi connectivity index (χ1v) is 12.3. The molecule has 1 atom stereocenters. The van der Waals surface area contributed by atoms with Gasteiger partial charge in [0.05, 0.1) is 25.1 Å². The van der Waals surface area contributed by atoms with Gasteiger partial charge in [0.1, 0.15) is 11.4 Å². The van der Waals surface area contributed by atoms with Crippen molar-refractivity contribution < 1.29 is 18.3 Å². The summed E-state index contributed by atoms with van der Waals surface area (Å²) < 4.78 is 33.1. The lowest BCUT2D eigenvalue weighted by Gasteiger charge is -2.57. The Morgan fingerprint density at radius 3 is 2.73 bits per heavy atom. The van der Waals surface area contributed by atoms with E-state index in [1.165, 1.54) is 17.8 Å². The minimum Gasteiger partial charge on any atom is -0.376 e. The number of nitrogens with one attached hydrogen (secondary N) is 1. The standard InChI is InChI=1S/C28H31F2N5O2/c1-17-22(13-21(15-33-17)34-25(36)19-7-8-32-24(12-19)27(4,29)30)18-5-6-20-14-26(2,3)28(31)16-37-10-9-35(28)23(20)11-18/h5-8,11-13,15H,9-10,14,16,31H2,1-4H3,(H,34,36). The number of nitrogens with zero attached hydrogens (tertiary/aromatic N) is 3. The molecule has 4 heterocycles. The Balaban J connectivity index is 1.46. The number of carbonyl (C=O) groups is 1. The van der Waals surface area contributed by atoms with Gasteiger partial charge in [-0.05, 0) is 48.7 Å². The van der Waals surface area contributed by atoms with E-state index in [1.807, 2.05) is 13.0 Å². The smallest absolute Gasteiger partial charge is 0.286 e. The molecule has 1 unspecified atom stereocenters. The SMILES string of the molecule is Cc1ncc(NC(=O)c2ccnc(C(C)(F)F)c2)cc1-c1ccc2c(c1)N1CCOCC1(N)C(C)(C)C2. The lowest BCUT2D eigenvalue weighted by Crippen LogP contribution is -2.72. The molecule has 3 aromatic rings. The molecule has 5 rings (SSSR count). The van der Waals surface area contributed by atoms with Gasteiger partial charge in [-0.1, -0.05) is 26.0 Å². The van der Waals surface area contributed by atoms with Crippen LogP contribution in [0, 0.1) is 12.3 Å². The van der Waals surface area contributed by atoms with Crippen LogP contribution in [0.15, 0.2) is 48.8 Å². The van der Waals surface area contributed by atoms with Gasteiger partial charge in [-0.2, -0.15) is 8.78 Å². The van der Waals surface area contributed by atoms with E-state index in [-0.39, 0.29) is 11.0 Å². The molecule has 0 saturated carbocycles. The maximum atomic E-state index is 13.7. The number of ether oxygens (including phenoxy) is 1. The second-order valence-electron chi connectivity index (χ2n) is 10.7. The number of carbonyl (C=O) groups excluding carboxylic acids is 1. The second-order valence-corrected chi connectivity index (χ2v) is 10.7. The van der Waals surface area contributed by atoms with E-state index in [0.29, 0.717) is 25.4 Å². The van der Waals surface area contributed by atoms with Crippen molar-refractivity contribution in [1.82, 2.24) is 9.97 Å². The molecule has 0 aliphatic carbocycles. The van der Waals surface area contributed by atoms with Gasteiger partial charge in [0.25, 0.3) is 11.8 Å². The topological polar surface area (TPSA) is 93.4 Å². The van der Waals surface area contributed by atoms with Crippen LogP contribution in [-0.4, -0.2) is 41.3 Å². The van der Waals surface area contributed by atoms with E-state index in [4.69, 9.17) is 10.5 Å². The van der Waals surface area contributed by atoms with Gasteiger partial charge in [-0.15, -0.1) is 0 Å². The van der Waals surface area contributed by atoms with Crippen molar-refractivity contribution in [3.63, 3.8) is 0 Å². The van der Waals surface area contributed by atoms with Crippen LogP contribution in [0.5, 0.6) is 0 Å². The average molecular weight is 508 g/mol. The number of pyridine rings is 2. The number of aromatic nitrogens is 2. The van der Waals surface area contributed by atoms with Crippen LogP contribution < -0.4 is 16.0 Å². The van der Waals surface area contributed by atoms with E-state index in [0.717, 1.165) is 41.9 Å². The lowest BCUT2D eigenvalue weighted by atomic mass is 9.69. The summed E-state index contributed by atoms with van der Waals surface area (Å²) in [5, 5.41) is 2.78. The summed E-state index contributed by atoms with van der Waals surface area (Å²) in [7, 11) is 0. The fourth-order valence-corrected chi connectivity index (χ4v) is 5.23. The number of anilines is 2. The number of aryl methyl sites for hydroxylation is 1. The van der Waals surface area contributed by atoms with E-state index in [9.17, 15) is 13.6 Å². The Morgan fingerprint density at radius 2 is 1.97 bits per heavy atom. The van der Waals surface area contributed by atoms with Gasteiger partial charge in [0, 0.05) is 47.6 Å². The van der Waals surface area contributed by atoms with Crippen LogP contribution in [0.25, 0.3) is 11.1 Å². The van der Waals surface area contributed by atoms with Crippen LogP contribution in [0.3, 0.4) is 0 Å². The van der Waals surface area contributed by atoms with Crippen LogP contribution >= 0.6 is 0 Å². The summed E-state index contributed by atoms with van der Waals surface area (Å²) in [6, 6.07) is 10.7. The largest absolute Gasteiger partial charge is 0.376 e. The first kappa shape index (κ1) is 25.2. The number of alkyl halides is 2. The Kier molecular flexibility index (Phi) is 6.03. The molecule has 0 bridgehead atoms. The van der Waals surface area contributed by atoms with Crippen LogP contribution in [-0.2, 0) is 17.1 Å². The number of rotatable bonds is 4. The first-order valence-electron chi connectivity index (χ1n) is 12.3. The van der Waals surface area contributed by atoms with Crippen molar-refractivity contribution in [1.29, 1.82) is 0 Å². The number of hydrogen-bond donors (Lipinski definition) is 2. The maximum absolute atomic E-state index is 13.7. The molecule has 2 aromatic heterocycles. The van der Waals surface area contributed by atoms with Gasteiger partial charge in [-0.25, -0.2) is 0 Å². The fraction of sp³-hybridized carbons (Fsp3) is 0.393. The summed E-state index contributed by atoms with van der Waals surface area (Å²) in [6.07, 6.45) is 3.59. The van der Waals surface area contributed by atoms with Crippen LogP contribution in [0.2, 0.25) is 0 Å². The van der Waals surface area contributed by atoms with Crippen LogP contribution in [0.4, 0.5) is 20.2 Å². The summed E-state index contributed by atoms with van der Waals surface area (Å²) in [6.45, 7) is 8.79. The molecule has 1 fully saturated rings. The molecular formula is C28H31F2N5O2. The Labute approximate surface area is 215 Å². The highest BCUT2D eigenvalue weighted by Gasteiger charge is 2.52. The van der Waals surface area contributed by atoms with Crippen LogP contribution in [0.1, 0.15) is 48.1 Å². The quantitative estimate of drug-likeness (QED) is 0.522. The summed E-state index contributed by atoms with van der Waals surface area (Å²) >= 11 is 0. The normalized spacial score (nSPS) is 20.7. The Bertz CT molecular complexity index is 1370. The monoisotopic (exact) mass is 507 g/mol. The molecule has 194 valence electrons. The lowest BCUT2D eigenvalue weighted by molar-refractivity contribution is -0.0107. The minimum atomic E-state index is -3.14. The summed E-state index contributed by atoms with van der Waals surface area (Å²) in [5.74, 6) is -3.66. The molecule has 2 aliphatic heterocycles. The van der Waals surface area contributed by atoms with Gasteiger partial charge >= 0.3 is 0 Å². The first-order chi connectivity index (χ1) is 17.4. The second kappa shape index (κ2) is 8.85. The number of benzene rings is 1. The third kappa shape index (κ3) is 4.46. The van der Waals surface area contributed by atoms with Gasteiger partial charge in [-0.3, -0.25) is 14.8 Å². The third-order valence-corrected chi connectivity index (χ3v) is 7.57.